The van der Waals surface area contributed by atoms with Crippen molar-refractivity contribution >= 4 is 17.9 Å². The molecule has 0 radical (unpaired) electrons. The fourth-order valence-electron chi connectivity index (χ4n) is 6.60. The molecule has 0 amide bonds. The second kappa shape index (κ2) is 35.4. The van der Waals surface area contributed by atoms with E-state index >= 15 is 0 Å². The van der Waals surface area contributed by atoms with Crippen molar-refractivity contribution in [3.05, 3.63) is 0 Å². The van der Waals surface area contributed by atoms with Crippen molar-refractivity contribution in [3.8, 4) is 0 Å². The van der Waals surface area contributed by atoms with Crippen molar-refractivity contribution < 1.29 is 38.2 Å². The first-order valence-corrected chi connectivity index (χ1v) is 21.6. The van der Waals surface area contributed by atoms with E-state index in [0.717, 1.165) is 38.5 Å². The lowest BCUT2D eigenvalue weighted by atomic mass is 10.0. The standard InChI is InChI=1S/C43H83NO7/c1-6-8-10-12-14-16-18-19-20-21-22-23-24-26-28-30-32-34-42(46)51-39(37-49-36-35-40(43(47)48)44(3,4)5)38-50-41(45)33-31-29-27-25-17-15-13-11-9-7-2/h39-40H,6-38H2,1-5H3. The van der Waals surface area contributed by atoms with Crippen molar-refractivity contribution in [2.45, 2.75) is 219 Å². The maximum atomic E-state index is 12.7. The van der Waals surface area contributed by atoms with E-state index in [1.54, 1.807) is 21.1 Å². The molecule has 51 heavy (non-hydrogen) atoms. The second-order valence-electron chi connectivity index (χ2n) is 15.9. The average molecular weight is 726 g/mol. The highest BCUT2D eigenvalue weighted by atomic mass is 16.6. The third kappa shape index (κ3) is 33.9. The minimum Gasteiger partial charge on any atom is -0.544 e. The van der Waals surface area contributed by atoms with Crippen LogP contribution in [-0.2, 0) is 28.6 Å². The highest BCUT2D eigenvalue weighted by molar-refractivity contribution is 5.70. The Labute approximate surface area is 315 Å². The largest absolute Gasteiger partial charge is 0.544 e. The number of nitrogens with zero attached hydrogens (tertiary/aromatic N) is 1. The fraction of sp³-hybridized carbons (Fsp3) is 0.930. The second-order valence-corrected chi connectivity index (χ2v) is 15.9. The van der Waals surface area contributed by atoms with Crippen LogP contribution in [-0.4, -0.2) is 75.5 Å². The molecular formula is C43H83NO7. The van der Waals surface area contributed by atoms with E-state index in [1.165, 1.54) is 135 Å². The highest BCUT2D eigenvalue weighted by Crippen LogP contribution is 2.16. The first kappa shape index (κ1) is 49.3. The predicted octanol–water partition coefficient (Wildman–Crippen LogP) is 10.0. The van der Waals surface area contributed by atoms with Crippen molar-refractivity contribution in [2.75, 3.05) is 41.0 Å². The Morgan fingerprint density at radius 1 is 0.510 bits per heavy atom. The number of unbranched alkanes of at least 4 members (excludes halogenated alkanes) is 25. The molecule has 2 atom stereocenters. The molecule has 0 aliphatic rings. The number of carbonyl (C=O) groups is 3. The fourth-order valence-corrected chi connectivity index (χ4v) is 6.60. The summed E-state index contributed by atoms with van der Waals surface area (Å²) in [5.41, 5.74) is 0. The molecule has 0 aliphatic carbocycles. The summed E-state index contributed by atoms with van der Waals surface area (Å²) in [6.07, 6.45) is 34.1. The normalized spacial score (nSPS) is 12.9. The topological polar surface area (TPSA) is 102 Å². The van der Waals surface area contributed by atoms with Crippen LogP contribution in [0.1, 0.15) is 206 Å². The third-order valence-corrected chi connectivity index (χ3v) is 9.99. The van der Waals surface area contributed by atoms with Gasteiger partial charge in [0, 0.05) is 19.3 Å². The monoisotopic (exact) mass is 726 g/mol. The van der Waals surface area contributed by atoms with Crippen LogP contribution in [0.3, 0.4) is 0 Å². The zero-order valence-corrected chi connectivity index (χ0v) is 34.3. The number of carboxylic acids is 1. The maximum absolute atomic E-state index is 12.7. The molecule has 0 heterocycles. The molecule has 8 heteroatoms. The van der Waals surface area contributed by atoms with Gasteiger partial charge >= 0.3 is 11.9 Å². The Morgan fingerprint density at radius 3 is 1.22 bits per heavy atom. The zero-order chi connectivity index (χ0) is 37.8. The summed E-state index contributed by atoms with van der Waals surface area (Å²) in [4.78, 5) is 36.7. The summed E-state index contributed by atoms with van der Waals surface area (Å²) in [6, 6.07) is -0.718. The zero-order valence-electron chi connectivity index (χ0n) is 34.3. The molecule has 0 saturated heterocycles. The van der Waals surface area contributed by atoms with E-state index in [-0.39, 0.29) is 42.7 Å². The van der Waals surface area contributed by atoms with Crippen LogP contribution in [0, 0.1) is 0 Å². The van der Waals surface area contributed by atoms with E-state index in [1.807, 2.05) is 0 Å². The van der Waals surface area contributed by atoms with Crippen LogP contribution in [0.2, 0.25) is 0 Å². The molecule has 0 N–H and O–H groups in total. The molecule has 8 nitrogen and oxygen atoms in total. The Kier molecular flexibility index (Phi) is 34.2. The van der Waals surface area contributed by atoms with Crippen molar-refractivity contribution in [1.82, 2.24) is 0 Å². The van der Waals surface area contributed by atoms with Crippen molar-refractivity contribution in [1.29, 1.82) is 0 Å². The lowest BCUT2D eigenvalue weighted by Gasteiger charge is -2.34. The lowest BCUT2D eigenvalue weighted by molar-refractivity contribution is -0.889. The molecule has 0 bridgehead atoms. The smallest absolute Gasteiger partial charge is 0.306 e. The number of aliphatic carboxylic acids is 1. The van der Waals surface area contributed by atoms with Gasteiger partial charge in [-0.3, -0.25) is 9.59 Å². The lowest BCUT2D eigenvalue weighted by Crippen LogP contribution is -2.55. The number of quaternary nitrogens is 1. The molecule has 0 fully saturated rings. The minimum atomic E-state index is -1.12. The van der Waals surface area contributed by atoms with Crippen molar-refractivity contribution in [3.63, 3.8) is 0 Å². The number of carbonyl (C=O) groups excluding carboxylic acids is 3. The van der Waals surface area contributed by atoms with Crippen LogP contribution in [0.4, 0.5) is 0 Å². The Bertz CT molecular complexity index is 813. The van der Waals surface area contributed by atoms with E-state index in [9.17, 15) is 19.5 Å². The number of esters is 2. The molecule has 0 spiro atoms. The van der Waals surface area contributed by atoms with Gasteiger partial charge < -0.3 is 28.6 Å². The average Bonchev–Trinajstić information content (AvgIpc) is 3.08. The third-order valence-electron chi connectivity index (χ3n) is 9.99. The SMILES string of the molecule is CCCCCCCCCCCCCCCCCCCC(=O)OC(COCCC(C(=O)[O-])[N+](C)(C)C)COC(=O)CCCCCCCCCCCC. The molecule has 0 aromatic heterocycles. The molecule has 2 unspecified atom stereocenters. The van der Waals surface area contributed by atoms with Gasteiger partial charge in [0.15, 0.2) is 6.10 Å². The quantitative estimate of drug-likeness (QED) is 0.0353. The summed E-state index contributed by atoms with van der Waals surface area (Å²) in [6.45, 7) is 4.68. The number of hydrogen-bond donors (Lipinski definition) is 0. The van der Waals surface area contributed by atoms with E-state index < -0.39 is 18.1 Å². The van der Waals surface area contributed by atoms with Crippen LogP contribution in [0.15, 0.2) is 0 Å². The molecule has 0 aromatic rings. The Morgan fingerprint density at radius 2 is 0.863 bits per heavy atom. The van der Waals surface area contributed by atoms with Gasteiger partial charge in [0.25, 0.3) is 0 Å². The molecule has 302 valence electrons. The van der Waals surface area contributed by atoms with E-state index in [2.05, 4.69) is 13.8 Å². The summed E-state index contributed by atoms with van der Waals surface area (Å²) >= 11 is 0. The first-order chi connectivity index (χ1) is 24.6. The number of likely N-dealkylation sites (N-methyl/N-ethyl adjacent to an activating group) is 1. The first-order valence-electron chi connectivity index (χ1n) is 21.6. The molecule has 0 aliphatic heterocycles. The summed E-state index contributed by atoms with van der Waals surface area (Å²) < 4.78 is 17.1. The highest BCUT2D eigenvalue weighted by Gasteiger charge is 2.25. The Balaban J connectivity index is 4.28. The van der Waals surface area contributed by atoms with Gasteiger partial charge in [0.2, 0.25) is 0 Å². The summed E-state index contributed by atoms with van der Waals surface area (Å²) in [5, 5.41) is 11.6. The van der Waals surface area contributed by atoms with Crippen molar-refractivity contribution in [2.24, 2.45) is 0 Å². The minimum absolute atomic E-state index is 0.0488. The molecule has 0 saturated carbocycles. The Hall–Kier alpha value is -1.67. The number of rotatable bonds is 39. The van der Waals surface area contributed by atoms with Gasteiger partial charge in [0.05, 0.1) is 40.3 Å². The van der Waals surface area contributed by atoms with Gasteiger partial charge in [-0.25, -0.2) is 0 Å². The van der Waals surface area contributed by atoms with Gasteiger partial charge in [-0.1, -0.05) is 174 Å². The summed E-state index contributed by atoms with van der Waals surface area (Å²) in [7, 11) is 5.41. The van der Waals surface area contributed by atoms with Crippen LogP contribution in [0.5, 0.6) is 0 Å². The summed E-state index contributed by atoms with van der Waals surface area (Å²) in [5.74, 6) is -1.72. The number of ether oxygens (including phenoxy) is 3. The molecule has 0 rings (SSSR count). The number of carboxylic acid groups (broad SMARTS) is 1. The van der Waals surface area contributed by atoms with Gasteiger partial charge in [0.1, 0.15) is 12.6 Å². The van der Waals surface area contributed by atoms with E-state index in [0.29, 0.717) is 12.8 Å². The van der Waals surface area contributed by atoms with Gasteiger partial charge in [-0.05, 0) is 12.8 Å². The van der Waals surface area contributed by atoms with Gasteiger partial charge in [-0.15, -0.1) is 0 Å². The van der Waals surface area contributed by atoms with Crippen LogP contribution >= 0.6 is 0 Å². The predicted molar refractivity (Wildman–Crippen MR) is 208 cm³/mol. The molecule has 0 aromatic carbocycles. The maximum Gasteiger partial charge on any atom is 0.306 e. The van der Waals surface area contributed by atoms with Crippen LogP contribution < -0.4 is 5.11 Å². The van der Waals surface area contributed by atoms with Gasteiger partial charge in [-0.2, -0.15) is 0 Å². The molecular weight excluding hydrogens is 642 g/mol. The van der Waals surface area contributed by atoms with E-state index in [4.69, 9.17) is 14.2 Å². The van der Waals surface area contributed by atoms with Crippen LogP contribution in [0.25, 0.3) is 0 Å². The number of hydrogen-bond acceptors (Lipinski definition) is 7.